The minimum atomic E-state index is -0.214. The lowest BCUT2D eigenvalue weighted by Crippen LogP contribution is -2.45. The van der Waals surface area contributed by atoms with Crippen LogP contribution in [0.4, 0.5) is 0 Å². The summed E-state index contributed by atoms with van der Waals surface area (Å²) in [6, 6.07) is 22.8. The number of para-hydroxylation sites is 1. The first-order valence-corrected chi connectivity index (χ1v) is 11.2. The Hall–Kier alpha value is -3.54. The first-order chi connectivity index (χ1) is 15.9. The van der Waals surface area contributed by atoms with E-state index in [9.17, 15) is 9.59 Å². The van der Waals surface area contributed by atoms with Gasteiger partial charge in [0.2, 0.25) is 5.91 Å². The van der Waals surface area contributed by atoms with Gasteiger partial charge in [0.15, 0.2) is 6.61 Å². The Morgan fingerprint density at radius 1 is 0.848 bits per heavy atom. The molecular formula is C27H32N2O4. The molecule has 174 valence electrons. The lowest BCUT2D eigenvalue weighted by atomic mass is 10.2. The van der Waals surface area contributed by atoms with Gasteiger partial charge in [-0.05, 0) is 42.7 Å². The van der Waals surface area contributed by atoms with Crippen molar-refractivity contribution in [3.63, 3.8) is 0 Å². The van der Waals surface area contributed by atoms with Crippen LogP contribution in [0.15, 0.2) is 77.2 Å². The maximum Gasteiger partial charge on any atom is 0.260 e. The van der Waals surface area contributed by atoms with Gasteiger partial charge in [0, 0.05) is 13.1 Å². The molecule has 0 aliphatic rings. The van der Waals surface area contributed by atoms with Gasteiger partial charge in [0.1, 0.15) is 17.3 Å². The number of hydrogen-bond donors (Lipinski definition) is 0. The Labute approximate surface area is 195 Å². The fraction of sp³-hybridized carbons (Fsp3) is 0.333. The van der Waals surface area contributed by atoms with Gasteiger partial charge >= 0.3 is 0 Å². The van der Waals surface area contributed by atoms with E-state index in [0.717, 1.165) is 11.3 Å². The molecule has 0 saturated heterocycles. The van der Waals surface area contributed by atoms with Crippen molar-refractivity contribution in [2.24, 2.45) is 5.92 Å². The molecule has 0 radical (unpaired) electrons. The smallest absolute Gasteiger partial charge is 0.260 e. The zero-order valence-electron chi connectivity index (χ0n) is 19.6. The average molecular weight is 449 g/mol. The first kappa shape index (κ1) is 24.1. The minimum Gasteiger partial charge on any atom is -0.484 e. The SMILES string of the molecule is Cc1ccc(CN(Cc2ccccc2)C(=O)CN(CC(C)C)C(=O)COc2ccccc2)o1. The zero-order valence-corrected chi connectivity index (χ0v) is 19.6. The maximum atomic E-state index is 13.4. The molecule has 0 aliphatic heterocycles. The van der Waals surface area contributed by atoms with E-state index in [-0.39, 0.29) is 30.9 Å². The van der Waals surface area contributed by atoms with Crippen LogP contribution in [-0.2, 0) is 22.7 Å². The van der Waals surface area contributed by atoms with Crippen LogP contribution in [0.25, 0.3) is 0 Å². The highest BCUT2D eigenvalue weighted by atomic mass is 16.5. The normalized spacial score (nSPS) is 10.8. The Balaban J connectivity index is 1.71. The Kier molecular flexibility index (Phi) is 8.70. The fourth-order valence-electron chi connectivity index (χ4n) is 3.51. The van der Waals surface area contributed by atoms with E-state index >= 15 is 0 Å². The summed E-state index contributed by atoms with van der Waals surface area (Å²) in [4.78, 5) is 29.6. The third-order valence-electron chi connectivity index (χ3n) is 5.08. The van der Waals surface area contributed by atoms with E-state index in [2.05, 4.69) is 0 Å². The lowest BCUT2D eigenvalue weighted by Gasteiger charge is -2.28. The Morgan fingerprint density at radius 3 is 2.12 bits per heavy atom. The van der Waals surface area contributed by atoms with Crippen molar-refractivity contribution in [1.29, 1.82) is 0 Å². The molecule has 1 heterocycles. The number of carbonyl (C=O) groups is 2. The fourth-order valence-corrected chi connectivity index (χ4v) is 3.51. The van der Waals surface area contributed by atoms with Crippen molar-refractivity contribution in [3.05, 3.63) is 89.9 Å². The summed E-state index contributed by atoms with van der Waals surface area (Å²) in [7, 11) is 0. The minimum absolute atomic E-state index is 0.0122. The van der Waals surface area contributed by atoms with Crippen LogP contribution in [0.5, 0.6) is 5.75 Å². The molecule has 3 rings (SSSR count). The molecule has 2 aromatic carbocycles. The van der Waals surface area contributed by atoms with E-state index < -0.39 is 0 Å². The molecule has 33 heavy (non-hydrogen) atoms. The third kappa shape index (κ3) is 7.83. The van der Waals surface area contributed by atoms with Crippen molar-refractivity contribution in [2.45, 2.75) is 33.9 Å². The van der Waals surface area contributed by atoms with Crippen molar-refractivity contribution in [3.8, 4) is 5.75 Å². The predicted octanol–water partition coefficient (Wildman–Crippen LogP) is 4.68. The number of carbonyl (C=O) groups excluding carboxylic acids is 2. The van der Waals surface area contributed by atoms with Crippen molar-refractivity contribution in [1.82, 2.24) is 9.80 Å². The molecule has 0 aliphatic carbocycles. The zero-order chi connectivity index (χ0) is 23.6. The van der Waals surface area contributed by atoms with Crippen LogP contribution in [0, 0.1) is 12.8 Å². The quantitative estimate of drug-likeness (QED) is 0.427. The maximum absolute atomic E-state index is 13.4. The van der Waals surface area contributed by atoms with E-state index in [1.54, 1.807) is 21.9 Å². The second-order valence-corrected chi connectivity index (χ2v) is 8.52. The standard InChI is InChI=1S/C27H32N2O4/c1-21(2)16-28(27(31)20-32-24-12-8-5-9-13-24)19-26(30)29(17-23-10-6-4-7-11-23)18-25-15-14-22(3)33-25/h4-15,21H,16-20H2,1-3H3. The molecule has 0 unspecified atom stereocenters. The van der Waals surface area contributed by atoms with Crippen molar-refractivity contribution < 1.29 is 18.7 Å². The molecular weight excluding hydrogens is 416 g/mol. The first-order valence-electron chi connectivity index (χ1n) is 11.2. The van der Waals surface area contributed by atoms with Crippen molar-refractivity contribution in [2.75, 3.05) is 19.7 Å². The monoisotopic (exact) mass is 448 g/mol. The van der Waals surface area contributed by atoms with Gasteiger partial charge in [-0.3, -0.25) is 9.59 Å². The van der Waals surface area contributed by atoms with Crippen LogP contribution in [0.1, 0.15) is 30.9 Å². The second-order valence-electron chi connectivity index (χ2n) is 8.52. The predicted molar refractivity (Wildman–Crippen MR) is 127 cm³/mol. The Bertz CT molecular complexity index is 1010. The number of amides is 2. The number of hydrogen-bond acceptors (Lipinski definition) is 4. The van der Waals surface area contributed by atoms with Gasteiger partial charge < -0.3 is 19.0 Å². The van der Waals surface area contributed by atoms with E-state index in [1.165, 1.54) is 0 Å². The number of rotatable bonds is 11. The second kappa shape index (κ2) is 11.9. The summed E-state index contributed by atoms with van der Waals surface area (Å²) >= 11 is 0. The number of benzene rings is 2. The highest BCUT2D eigenvalue weighted by Gasteiger charge is 2.23. The molecule has 3 aromatic rings. The largest absolute Gasteiger partial charge is 0.484 e. The Morgan fingerprint density at radius 2 is 1.52 bits per heavy atom. The molecule has 6 nitrogen and oxygen atoms in total. The van der Waals surface area contributed by atoms with Crippen LogP contribution in [0.2, 0.25) is 0 Å². The summed E-state index contributed by atoms with van der Waals surface area (Å²) in [5.41, 5.74) is 1.02. The molecule has 0 saturated carbocycles. The molecule has 0 atom stereocenters. The van der Waals surface area contributed by atoms with E-state index in [1.807, 2.05) is 81.4 Å². The molecule has 0 spiro atoms. The van der Waals surface area contributed by atoms with Gasteiger partial charge in [-0.15, -0.1) is 0 Å². The van der Waals surface area contributed by atoms with Gasteiger partial charge in [-0.25, -0.2) is 0 Å². The van der Waals surface area contributed by atoms with E-state index in [0.29, 0.717) is 31.1 Å². The van der Waals surface area contributed by atoms with Gasteiger partial charge in [0.25, 0.3) is 5.91 Å². The van der Waals surface area contributed by atoms with E-state index in [4.69, 9.17) is 9.15 Å². The van der Waals surface area contributed by atoms with Gasteiger partial charge in [0.05, 0.1) is 13.1 Å². The van der Waals surface area contributed by atoms with Crippen molar-refractivity contribution >= 4 is 11.8 Å². The molecule has 0 bridgehead atoms. The number of nitrogens with zero attached hydrogens (tertiary/aromatic N) is 2. The highest BCUT2D eigenvalue weighted by Crippen LogP contribution is 2.15. The number of furan rings is 1. The summed E-state index contributed by atoms with van der Waals surface area (Å²) in [6.07, 6.45) is 0. The summed E-state index contributed by atoms with van der Waals surface area (Å²) in [5, 5.41) is 0. The highest BCUT2D eigenvalue weighted by molar-refractivity contribution is 5.85. The topological polar surface area (TPSA) is 63.0 Å². The van der Waals surface area contributed by atoms with Gasteiger partial charge in [-0.2, -0.15) is 0 Å². The summed E-state index contributed by atoms with van der Waals surface area (Å²) < 4.78 is 11.3. The lowest BCUT2D eigenvalue weighted by molar-refractivity contribution is -0.142. The average Bonchev–Trinajstić information content (AvgIpc) is 3.22. The van der Waals surface area contributed by atoms with Crippen LogP contribution >= 0.6 is 0 Å². The molecule has 2 amide bonds. The summed E-state index contributed by atoms with van der Waals surface area (Å²) in [5.74, 6) is 2.00. The molecule has 0 N–H and O–H groups in total. The third-order valence-corrected chi connectivity index (χ3v) is 5.08. The van der Waals surface area contributed by atoms with Gasteiger partial charge in [-0.1, -0.05) is 62.4 Å². The van der Waals surface area contributed by atoms with Crippen LogP contribution in [-0.4, -0.2) is 41.3 Å². The number of ether oxygens (including phenoxy) is 1. The van der Waals surface area contributed by atoms with Crippen LogP contribution < -0.4 is 4.74 Å². The number of aryl methyl sites for hydroxylation is 1. The van der Waals surface area contributed by atoms with Crippen LogP contribution in [0.3, 0.4) is 0 Å². The summed E-state index contributed by atoms with van der Waals surface area (Å²) in [6.45, 7) is 7.05. The molecule has 1 aromatic heterocycles. The molecule has 6 heteroatoms. The molecule has 0 fully saturated rings.